The Labute approximate surface area is 225 Å². The first-order chi connectivity index (χ1) is 18.5. The summed E-state index contributed by atoms with van der Waals surface area (Å²) >= 11 is 0. The number of phenols is 1. The molecule has 0 spiro atoms. The molecule has 0 bridgehead atoms. The van der Waals surface area contributed by atoms with Crippen molar-refractivity contribution >= 4 is 29.6 Å². The lowest BCUT2D eigenvalue weighted by Gasteiger charge is -2.28. The van der Waals surface area contributed by atoms with Crippen LogP contribution in [0.25, 0.3) is 0 Å². The molecule has 1 heterocycles. The predicted octanol–water partition coefficient (Wildman–Crippen LogP) is -0.575. The monoisotopic (exact) mass is 539 g/mol. The molecule has 8 N–H and O–H groups in total. The number of nitrogens with zero attached hydrogens (tertiary/aromatic N) is 1. The first kappa shape index (κ1) is 29.1. The lowest BCUT2D eigenvalue weighted by atomic mass is 10.0. The van der Waals surface area contributed by atoms with E-state index in [0.29, 0.717) is 12.0 Å². The van der Waals surface area contributed by atoms with Crippen molar-refractivity contribution in [3.8, 4) is 5.75 Å². The van der Waals surface area contributed by atoms with E-state index in [9.17, 15) is 34.2 Å². The third-order valence-electron chi connectivity index (χ3n) is 6.49. The molecule has 4 atom stereocenters. The van der Waals surface area contributed by atoms with Gasteiger partial charge in [-0.25, -0.2) is 4.79 Å². The second kappa shape index (κ2) is 13.4. The van der Waals surface area contributed by atoms with E-state index in [0.717, 1.165) is 10.5 Å². The van der Waals surface area contributed by atoms with Crippen molar-refractivity contribution in [1.82, 2.24) is 15.5 Å². The number of aliphatic carboxylic acids is 1. The standard InChI is InChI=1S/C27H33N5O7/c28-19(13-16-5-2-1-3-6-16)24(35)30-20(14-17-8-10-18(33)11-9-17)25(36)31-21(15-23(29)34)26(37)32-12-4-7-22(32)27(38)39/h1-3,5-6,8-11,19-22,33H,4,7,12-15,28H2,(H2,29,34)(H,30,35)(H,31,36)(H,38,39). The van der Waals surface area contributed by atoms with E-state index in [1.165, 1.54) is 12.1 Å². The van der Waals surface area contributed by atoms with Gasteiger partial charge < -0.3 is 37.2 Å². The summed E-state index contributed by atoms with van der Waals surface area (Å²) in [6.07, 6.45) is 0.347. The molecule has 2 aromatic rings. The molecule has 1 aliphatic heterocycles. The average molecular weight is 540 g/mol. The molecule has 3 rings (SSSR count). The highest BCUT2D eigenvalue weighted by Gasteiger charge is 2.39. The Morgan fingerprint density at radius 3 is 2.13 bits per heavy atom. The van der Waals surface area contributed by atoms with Crippen LogP contribution in [0.2, 0.25) is 0 Å². The number of phenolic OH excluding ortho intramolecular Hbond substituents is 1. The summed E-state index contributed by atoms with van der Waals surface area (Å²) in [5.74, 6) is -4.18. The zero-order valence-corrected chi connectivity index (χ0v) is 21.3. The first-order valence-electron chi connectivity index (χ1n) is 12.5. The highest BCUT2D eigenvalue weighted by molar-refractivity contribution is 5.96. The van der Waals surface area contributed by atoms with Crippen LogP contribution in [-0.4, -0.2) is 75.4 Å². The van der Waals surface area contributed by atoms with Crippen LogP contribution >= 0.6 is 0 Å². The highest BCUT2D eigenvalue weighted by Crippen LogP contribution is 2.19. The molecule has 1 aliphatic rings. The maximum atomic E-state index is 13.4. The molecule has 12 heteroatoms. The minimum atomic E-state index is -1.42. The Hall–Kier alpha value is -4.45. The van der Waals surface area contributed by atoms with Crippen LogP contribution in [0.4, 0.5) is 0 Å². The quantitative estimate of drug-likeness (QED) is 0.205. The minimum absolute atomic E-state index is 0.0133. The van der Waals surface area contributed by atoms with Crippen molar-refractivity contribution in [3.63, 3.8) is 0 Å². The normalized spacial score (nSPS) is 17.1. The van der Waals surface area contributed by atoms with Crippen molar-refractivity contribution in [2.45, 2.75) is 56.3 Å². The third-order valence-corrected chi connectivity index (χ3v) is 6.49. The molecule has 1 saturated heterocycles. The topological polar surface area (TPSA) is 205 Å². The van der Waals surface area contributed by atoms with E-state index in [1.54, 1.807) is 12.1 Å². The van der Waals surface area contributed by atoms with Gasteiger partial charge in [0.2, 0.25) is 23.6 Å². The fraction of sp³-hybridized carbons (Fsp3) is 0.370. The third kappa shape index (κ3) is 8.27. The van der Waals surface area contributed by atoms with Gasteiger partial charge in [-0.3, -0.25) is 19.2 Å². The first-order valence-corrected chi connectivity index (χ1v) is 12.5. The van der Waals surface area contributed by atoms with E-state index < -0.39 is 60.2 Å². The van der Waals surface area contributed by atoms with Crippen LogP contribution in [0.1, 0.15) is 30.4 Å². The molecule has 0 aromatic heterocycles. The summed E-state index contributed by atoms with van der Waals surface area (Å²) in [5.41, 5.74) is 12.8. The van der Waals surface area contributed by atoms with Crippen LogP contribution in [0.5, 0.6) is 5.75 Å². The number of rotatable bonds is 12. The van der Waals surface area contributed by atoms with Crippen LogP contribution in [-0.2, 0) is 36.8 Å². The molecule has 4 amide bonds. The fourth-order valence-corrected chi connectivity index (χ4v) is 4.48. The number of carboxylic acid groups (broad SMARTS) is 1. The number of hydrogen-bond donors (Lipinski definition) is 6. The van der Waals surface area contributed by atoms with Gasteiger partial charge in [0.1, 0.15) is 23.9 Å². The van der Waals surface area contributed by atoms with Crippen LogP contribution < -0.4 is 22.1 Å². The predicted molar refractivity (Wildman–Crippen MR) is 140 cm³/mol. The Kier molecular flexibility index (Phi) is 9.98. The van der Waals surface area contributed by atoms with Gasteiger partial charge in [-0.15, -0.1) is 0 Å². The summed E-state index contributed by atoms with van der Waals surface area (Å²) in [4.78, 5) is 64.0. The van der Waals surface area contributed by atoms with Gasteiger partial charge in [0, 0.05) is 13.0 Å². The minimum Gasteiger partial charge on any atom is -0.508 e. The molecule has 0 radical (unpaired) electrons. The number of amides is 4. The number of nitrogens with one attached hydrogen (secondary N) is 2. The fourth-order valence-electron chi connectivity index (χ4n) is 4.48. The maximum absolute atomic E-state index is 13.4. The number of primary amides is 1. The van der Waals surface area contributed by atoms with Crippen LogP contribution in [0.3, 0.4) is 0 Å². The van der Waals surface area contributed by atoms with Crippen molar-refractivity contribution in [1.29, 1.82) is 0 Å². The summed E-state index contributed by atoms with van der Waals surface area (Å²) in [7, 11) is 0. The zero-order valence-electron chi connectivity index (χ0n) is 21.3. The molecular weight excluding hydrogens is 506 g/mol. The van der Waals surface area contributed by atoms with Gasteiger partial charge in [0.25, 0.3) is 0 Å². The number of aromatic hydroxyl groups is 1. The maximum Gasteiger partial charge on any atom is 0.326 e. The van der Waals surface area contributed by atoms with Crippen LogP contribution in [0, 0.1) is 0 Å². The molecule has 12 nitrogen and oxygen atoms in total. The molecular formula is C27H33N5O7. The summed E-state index contributed by atoms with van der Waals surface area (Å²) in [5, 5.41) is 24.2. The average Bonchev–Trinajstić information content (AvgIpc) is 3.39. The number of carbonyl (C=O) groups excluding carboxylic acids is 4. The van der Waals surface area contributed by atoms with E-state index in [4.69, 9.17) is 11.5 Å². The van der Waals surface area contributed by atoms with Gasteiger partial charge in [-0.1, -0.05) is 42.5 Å². The molecule has 4 unspecified atom stereocenters. The van der Waals surface area contributed by atoms with Gasteiger partial charge >= 0.3 is 5.97 Å². The lowest BCUT2D eigenvalue weighted by Crippen LogP contribution is -2.58. The summed E-state index contributed by atoms with van der Waals surface area (Å²) < 4.78 is 0. The smallest absolute Gasteiger partial charge is 0.326 e. The number of benzene rings is 2. The van der Waals surface area contributed by atoms with E-state index in [1.807, 2.05) is 30.3 Å². The van der Waals surface area contributed by atoms with Gasteiger partial charge in [0.05, 0.1) is 12.5 Å². The number of nitrogens with two attached hydrogens (primary N) is 2. The zero-order chi connectivity index (χ0) is 28.5. The molecule has 0 saturated carbocycles. The van der Waals surface area contributed by atoms with Gasteiger partial charge in [-0.05, 0) is 42.5 Å². The second-order valence-corrected chi connectivity index (χ2v) is 9.49. The summed E-state index contributed by atoms with van der Waals surface area (Å²) in [6, 6.07) is 10.4. The Morgan fingerprint density at radius 2 is 1.51 bits per heavy atom. The van der Waals surface area contributed by atoms with Crippen molar-refractivity contribution in [2.24, 2.45) is 11.5 Å². The van der Waals surface area contributed by atoms with Gasteiger partial charge in [0.15, 0.2) is 0 Å². The summed E-state index contributed by atoms with van der Waals surface area (Å²) in [6.45, 7) is 0.156. The number of carbonyl (C=O) groups is 5. The largest absolute Gasteiger partial charge is 0.508 e. The highest BCUT2D eigenvalue weighted by atomic mass is 16.4. The Morgan fingerprint density at radius 1 is 0.897 bits per heavy atom. The SMILES string of the molecule is NC(=O)CC(NC(=O)C(Cc1ccc(O)cc1)NC(=O)C(N)Cc1ccccc1)C(=O)N1CCCC1C(=O)O. The van der Waals surface area contributed by atoms with E-state index >= 15 is 0 Å². The molecule has 208 valence electrons. The van der Waals surface area contributed by atoms with E-state index in [-0.39, 0.29) is 31.6 Å². The Balaban J connectivity index is 1.79. The number of likely N-dealkylation sites (tertiary alicyclic amines) is 1. The van der Waals surface area contributed by atoms with Crippen molar-refractivity contribution < 1.29 is 34.2 Å². The van der Waals surface area contributed by atoms with Crippen molar-refractivity contribution in [3.05, 3.63) is 65.7 Å². The van der Waals surface area contributed by atoms with Crippen LogP contribution in [0.15, 0.2) is 54.6 Å². The number of carboxylic acids is 1. The van der Waals surface area contributed by atoms with Crippen molar-refractivity contribution in [2.75, 3.05) is 6.54 Å². The van der Waals surface area contributed by atoms with E-state index in [2.05, 4.69) is 10.6 Å². The van der Waals surface area contributed by atoms with Gasteiger partial charge in [-0.2, -0.15) is 0 Å². The number of hydrogen-bond acceptors (Lipinski definition) is 7. The Bertz CT molecular complexity index is 1190. The molecule has 1 fully saturated rings. The molecule has 0 aliphatic carbocycles. The second-order valence-electron chi connectivity index (χ2n) is 9.49. The molecule has 2 aromatic carbocycles. The molecule has 39 heavy (non-hydrogen) atoms. The lowest BCUT2D eigenvalue weighted by molar-refractivity contribution is -0.149.